The molecule has 0 saturated carbocycles. The Bertz CT molecular complexity index is 1290. The molecular weight excluding hydrogens is 477 g/mol. The lowest BCUT2D eigenvalue weighted by Crippen LogP contribution is -2.41. The number of hydrogen-bond acceptors (Lipinski definition) is 7. The topological polar surface area (TPSA) is 145 Å². The van der Waals surface area contributed by atoms with Gasteiger partial charge in [0.05, 0.1) is 9.79 Å². The van der Waals surface area contributed by atoms with E-state index in [1.165, 1.54) is 16.4 Å². The number of sulfonamides is 2. The molecule has 2 aromatic carbocycles. The van der Waals surface area contributed by atoms with E-state index in [9.17, 15) is 26.0 Å². The zero-order valence-corrected chi connectivity index (χ0v) is 19.0. The lowest BCUT2D eigenvalue weighted by Gasteiger charge is -2.31. The summed E-state index contributed by atoms with van der Waals surface area (Å²) in [5, 5.41) is 7.51. The van der Waals surface area contributed by atoms with E-state index in [1.807, 2.05) is 0 Å². The van der Waals surface area contributed by atoms with Crippen molar-refractivity contribution in [1.29, 1.82) is 0 Å². The fourth-order valence-electron chi connectivity index (χ4n) is 3.74. The first-order valence-corrected chi connectivity index (χ1v) is 13.1. The van der Waals surface area contributed by atoms with Crippen LogP contribution in [0.5, 0.6) is 11.5 Å². The summed E-state index contributed by atoms with van der Waals surface area (Å²) < 4.78 is 74.9. The van der Waals surface area contributed by atoms with Gasteiger partial charge in [0.2, 0.25) is 26.0 Å². The van der Waals surface area contributed by atoms with Crippen molar-refractivity contribution in [2.45, 2.75) is 22.6 Å². The molecule has 0 radical (unpaired) electrons. The third-order valence-electron chi connectivity index (χ3n) is 5.44. The van der Waals surface area contributed by atoms with E-state index in [1.54, 1.807) is 6.07 Å². The minimum absolute atomic E-state index is 0.0460. The summed E-state index contributed by atoms with van der Waals surface area (Å²) in [5.41, 5.74) is -0.0460. The zero-order valence-electron chi connectivity index (χ0n) is 17.4. The summed E-state index contributed by atoms with van der Waals surface area (Å²) in [4.78, 5) is 12.2. The molecule has 13 heteroatoms. The van der Waals surface area contributed by atoms with Gasteiger partial charge in [-0.25, -0.2) is 26.4 Å². The van der Waals surface area contributed by atoms with Crippen molar-refractivity contribution in [2.75, 3.05) is 31.6 Å². The number of benzene rings is 2. The van der Waals surface area contributed by atoms with Crippen molar-refractivity contribution >= 4 is 31.6 Å². The summed E-state index contributed by atoms with van der Waals surface area (Å²) >= 11 is 0. The second-order valence-corrected chi connectivity index (χ2v) is 11.2. The fraction of sp³-hybridized carbons (Fsp3) is 0.350. The Labute approximate surface area is 190 Å². The second-order valence-electron chi connectivity index (χ2n) is 7.69. The highest BCUT2D eigenvalue weighted by Gasteiger charge is 2.33. The van der Waals surface area contributed by atoms with Gasteiger partial charge in [0.15, 0.2) is 11.5 Å². The van der Waals surface area contributed by atoms with Crippen molar-refractivity contribution in [3.05, 3.63) is 42.2 Å². The Morgan fingerprint density at radius 1 is 0.970 bits per heavy atom. The zero-order chi connectivity index (χ0) is 23.8. The molecule has 2 heterocycles. The predicted octanol–water partition coefficient (Wildman–Crippen LogP) is 1.28. The molecule has 1 amide bonds. The minimum atomic E-state index is -4.15. The standard InChI is InChI=1S/C20H22FN3O7S2/c21-14-9-15(11-17(10-14)32(22,26)27)23-20(25)13-3-5-24(6-4-13)33(28,29)16-1-2-18-19(12-16)31-8-7-30-18/h1-2,9-13H,3-8H2,(H,23,25)(H2,22,26,27). The molecule has 0 aromatic heterocycles. The van der Waals surface area contributed by atoms with E-state index in [0.29, 0.717) is 24.7 Å². The summed E-state index contributed by atoms with van der Waals surface area (Å²) in [7, 11) is -7.94. The second kappa shape index (κ2) is 8.89. The molecule has 0 bridgehead atoms. The van der Waals surface area contributed by atoms with E-state index < -0.39 is 42.6 Å². The van der Waals surface area contributed by atoms with Crippen molar-refractivity contribution in [3.8, 4) is 11.5 Å². The fourth-order valence-corrected chi connectivity index (χ4v) is 5.79. The monoisotopic (exact) mass is 499 g/mol. The van der Waals surface area contributed by atoms with Crippen LogP contribution < -0.4 is 19.9 Å². The van der Waals surface area contributed by atoms with Crippen LogP contribution in [0.25, 0.3) is 0 Å². The molecule has 10 nitrogen and oxygen atoms in total. The van der Waals surface area contributed by atoms with Gasteiger partial charge in [-0.15, -0.1) is 0 Å². The first kappa shape index (κ1) is 23.4. The quantitative estimate of drug-likeness (QED) is 0.630. The molecule has 4 rings (SSSR count). The number of nitrogens with one attached hydrogen (secondary N) is 1. The highest BCUT2D eigenvalue weighted by Crippen LogP contribution is 2.34. The molecule has 2 aromatic rings. The van der Waals surface area contributed by atoms with Crippen molar-refractivity contribution in [2.24, 2.45) is 11.1 Å². The van der Waals surface area contributed by atoms with E-state index in [4.69, 9.17) is 14.6 Å². The summed E-state index contributed by atoms with van der Waals surface area (Å²) in [6.07, 6.45) is 0.486. The number of carbonyl (C=O) groups is 1. The van der Waals surface area contributed by atoms with E-state index in [-0.39, 0.29) is 36.5 Å². The Morgan fingerprint density at radius 2 is 1.64 bits per heavy atom. The van der Waals surface area contributed by atoms with Gasteiger partial charge in [-0.05, 0) is 43.2 Å². The third kappa shape index (κ3) is 5.11. The maximum atomic E-state index is 13.7. The average molecular weight is 500 g/mol. The molecule has 1 saturated heterocycles. The minimum Gasteiger partial charge on any atom is -0.486 e. The average Bonchev–Trinajstić information content (AvgIpc) is 2.78. The number of rotatable bonds is 5. The van der Waals surface area contributed by atoms with Crippen LogP contribution in [0.2, 0.25) is 0 Å². The SMILES string of the molecule is NS(=O)(=O)c1cc(F)cc(NC(=O)C2CCN(S(=O)(=O)c3ccc4c(c3)OCCO4)CC2)c1. The molecule has 178 valence electrons. The van der Waals surface area contributed by atoms with Crippen LogP contribution in [0.15, 0.2) is 46.2 Å². The van der Waals surface area contributed by atoms with Crippen LogP contribution >= 0.6 is 0 Å². The van der Waals surface area contributed by atoms with Crippen LogP contribution in [-0.4, -0.2) is 53.4 Å². The highest BCUT2D eigenvalue weighted by molar-refractivity contribution is 7.89. The Kier molecular flexibility index (Phi) is 6.31. The molecular formula is C20H22FN3O7S2. The number of amides is 1. The van der Waals surface area contributed by atoms with Crippen LogP contribution in [0, 0.1) is 11.7 Å². The van der Waals surface area contributed by atoms with Gasteiger partial charge < -0.3 is 14.8 Å². The molecule has 0 atom stereocenters. The Morgan fingerprint density at radius 3 is 2.30 bits per heavy atom. The molecule has 1 fully saturated rings. The summed E-state index contributed by atoms with van der Waals surface area (Å²) in [6, 6.07) is 7.23. The molecule has 2 aliphatic rings. The van der Waals surface area contributed by atoms with Crippen LogP contribution in [-0.2, 0) is 24.8 Å². The van der Waals surface area contributed by atoms with Crippen LogP contribution in [0.3, 0.4) is 0 Å². The number of piperidine rings is 1. The third-order valence-corrected chi connectivity index (χ3v) is 8.23. The van der Waals surface area contributed by atoms with Crippen LogP contribution in [0.1, 0.15) is 12.8 Å². The molecule has 3 N–H and O–H groups in total. The summed E-state index contributed by atoms with van der Waals surface area (Å²) in [6.45, 7) is 0.954. The number of halogens is 1. The first-order valence-electron chi connectivity index (χ1n) is 10.1. The van der Waals surface area contributed by atoms with Crippen molar-refractivity contribution in [3.63, 3.8) is 0 Å². The lowest BCUT2D eigenvalue weighted by atomic mass is 9.97. The van der Waals surface area contributed by atoms with E-state index in [2.05, 4.69) is 5.32 Å². The number of nitrogens with two attached hydrogens (primary N) is 1. The molecule has 0 aliphatic carbocycles. The molecule has 2 aliphatic heterocycles. The van der Waals surface area contributed by atoms with Gasteiger partial charge in [0.1, 0.15) is 19.0 Å². The van der Waals surface area contributed by atoms with E-state index in [0.717, 1.165) is 18.2 Å². The highest BCUT2D eigenvalue weighted by atomic mass is 32.2. The number of nitrogens with zero attached hydrogens (tertiary/aromatic N) is 1. The number of primary sulfonamides is 1. The summed E-state index contributed by atoms with van der Waals surface area (Å²) in [5.74, 6) is -1.00. The maximum absolute atomic E-state index is 13.7. The smallest absolute Gasteiger partial charge is 0.243 e. The number of fused-ring (bicyclic) bond motifs is 1. The number of ether oxygens (including phenoxy) is 2. The Balaban J connectivity index is 1.41. The number of anilines is 1. The molecule has 0 spiro atoms. The predicted molar refractivity (Wildman–Crippen MR) is 115 cm³/mol. The Hall–Kier alpha value is -2.74. The van der Waals surface area contributed by atoms with Gasteiger partial charge in [0.25, 0.3) is 0 Å². The maximum Gasteiger partial charge on any atom is 0.243 e. The van der Waals surface area contributed by atoms with Gasteiger partial charge >= 0.3 is 0 Å². The van der Waals surface area contributed by atoms with Gasteiger partial charge in [-0.2, -0.15) is 4.31 Å². The van der Waals surface area contributed by atoms with E-state index >= 15 is 0 Å². The molecule has 0 unspecified atom stereocenters. The van der Waals surface area contributed by atoms with Crippen LogP contribution in [0.4, 0.5) is 10.1 Å². The van der Waals surface area contributed by atoms with Gasteiger partial charge in [-0.3, -0.25) is 4.79 Å². The van der Waals surface area contributed by atoms with Crippen molar-refractivity contribution in [1.82, 2.24) is 4.31 Å². The number of hydrogen-bond donors (Lipinski definition) is 2. The first-order chi connectivity index (χ1) is 15.5. The van der Waals surface area contributed by atoms with Crippen molar-refractivity contribution < 1.29 is 35.5 Å². The van der Waals surface area contributed by atoms with Gasteiger partial charge in [-0.1, -0.05) is 0 Å². The lowest BCUT2D eigenvalue weighted by molar-refractivity contribution is -0.120. The largest absolute Gasteiger partial charge is 0.486 e. The number of carbonyl (C=O) groups excluding carboxylic acids is 1. The van der Waals surface area contributed by atoms with Gasteiger partial charge in [0, 0.05) is 30.8 Å². The normalized spacial score (nSPS) is 17.5. The molecule has 33 heavy (non-hydrogen) atoms.